The molecule has 6 heteroatoms. The number of aryl methyl sites for hydroxylation is 1. The van der Waals surface area contributed by atoms with Gasteiger partial charge >= 0.3 is 0 Å². The molecule has 0 amide bonds. The number of anilines is 1. The van der Waals surface area contributed by atoms with E-state index in [1.165, 1.54) is 11.3 Å². The fraction of sp³-hybridized carbons (Fsp3) is 0.400. The third kappa shape index (κ3) is 2.07. The smallest absolute Gasteiger partial charge is 0.180 e. The summed E-state index contributed by atoms with van der Waals surface area (Å²) in [6.07, 6.45) is 3.59. The number of hydrogen-bond donors (Lipinski definition) is 2. The van der Waals surface area contributed by atoms with Gasteiger partial charge < -0.3 is 10.8 Å². The molecular formula is C10H14N4OS. The first kappa shape index (κ1) is 11.1. The van der Waals surface area contributed by atoms with Crippen molar-refractivity contribution in [3.63, 3.8) is 0 Å². The van der Waals surface area contributed by atoms with E-state index < -0.39 is 6.10 Å². The third-order valence-corrected chi connectivity index (χ3v) is 3.15. The summed E-state index contributed by atoms with van der Waals surface area (Å²) >= 11 is 1.30. The Morgan fingerprint density at radius 3 is 3.06 bits per heavy atom. The van der Waals surface area contributed by atoms with Gasteiger partial charge in [0, 0.05) is 18.9 Å². The molecule has 2 heterocycles. The molecule has 86 valence electrons. The van der Waals surface area contributed by atoms with Gasteiger partial charge in [0.15, 0.2) is 5.13 Å². The largest absolute Gasteiger partial charge is 0.381 e. The van der Waals surface area contributed by atoms with Gasteiger partial charge in [-0.05, 0) is 12.5 Å². The summed E-state index contributed by atoms with van der Waals surface area (Å²) in [7, 11) is 0. The molecule has 0 aliphatic rings. The Morgan fingerprint density at radius 1 is 1.62 bits per heavy atom. The van der Waals surface area contributed by atoms with Crippen LogP contribution < -0.4 is 5.73 Å². The van der Waals surface area contributed by atoms with Crippen LogP contribution in [0.3, 0.4) is 0 Å². The van der Waals surface area contributed by atoms with Crippen molar-refractivity contribution < 1.29 is 5.11 Å². The van der Waals surface area contributed by atoms with Gasteiger partial charge in [-0.2, -0.15) is 5.10 Å². The predicted octanol–water partition coefficient (Wildman–Crippen LogP) is 1.41. The van der Waals surface area contributed by atoms with Crippen molar-refractivity contribution in [1.82, 2.24) is 14.8 Å². The summed E-state index contributed by atoms with van der Waals surface area (Å²) in [6.45, 7) is 2.87. The molecule has 1 atom stereocenters. The number of aliphatic hydroxyl groups is 1. The Balaban J connectivity index is 2.26. The summed E-state index contributed by atoms with van der Waals surface area (Å²) in [5.74, 6) is 0. The summed E-state index contributed by atoms with van der Waals surface area (Å²) in [6, 6.07) is 1.82. The molecule has 3 N–H and O–H groups in total. The first-order valence-corrected chi connectivity index (χ1v) is 5.95. The van der Waals surface area contributed by atoms with E-state index >= 15 is 0 Å². The average Bonchev–Trinajstić information content (AvgIpc) is 2.87. The van der Waals surface area contributed by atoms with Crippen molar-refractivity contribution in [2.75, 3.05) is 5.73 Å². The van der Waals surface area contributed by atoms with E-state index in [1.807, 2.05) is 6.07 Å². The molecule has 0 aliphatic carbocycles. The molecule has 2 aromatic rings. The molecule has 1 unspecified atom stereocenters. The highest BCUT2D eigenvalue weighted by molar-refractivity contribution is 7.15. The summed E-state index contributed by atoms with van der Waals surface area (Å²) in [5.41, 5.74) is 6.32. The van der Waals surface area contributed by atoms with E-state index in [-0.39, 0.29) is 0 Å². The van der Waals surface area contributed by atoms with Crippen molar-refractivity contribution in [3.05, 3.63) is 29.0 Å². The minimum Gasteiger partial charge on any atom is -0.381 e. The van der Waals surface area contributed by atoms with Gasteiger partial charge in [-0.15, -0.1) is 0 Å². The zero-order chi connectivity index (χ0) is 11.5. The van der Waals surface area contributed by atoms with Gasteiger partial charge in [0.05, 0.1) is 10.6 Å². The molecule has 2 rings (SSSR count). The first-order chi connectivity index (χ1) is 7.72. The van der Waals surface area contributed by atoms with Gasteiger partial charge in [0.1, 0.15) is 6.10 Å². The van der Waals surface area contributed by atoms with Crippen molar-refractivity contribution in [2.24, 2.45) is 0 Å². The van der Waals surface area contributed by atoms with E-state index in [2.05, 4.69) is 17.0 Å². The lowest BCUT2D eigenvalue weighted by Gasteiger charge is -2.10. The highest BCUT2D eigenvalue weighted by atomic mass is 32.1. The zero-order valence-corrected chi connectivity index (χ0v) is 9.81. The van der Waals surface area contributed by atoms with Gasteiger partial charge in [-0.3, -0.25) is 4.68 Å². The molecule has 0 spiro atoms. The molecule has 0 bridgehead atoms. The maximum absolute atomic E-state index is 10.2. The molecule has 0 aliphatic heterocycles. The Bertz CT molecular complexity index is 465. The van der Waals surface area contributed by atoms with E-state index in [4.69, 9.17) is 5.73 Å². The SMILES string of the molecule is CCCn1nccc1C(O)c1cnc(N)s1. The quantitative estimate of drug-likeness (QED) is 0.844. The maximum atomic E-state index is 10.2. The van der Waals surface area contributed by atoms with Crippen molar-refractivity contribution in [1.29, 1.82) is 0 Å². The molecule has 0 saturated heterocycles. The molecule has 0 aromatic carbocycles. The maximum Gasteiger partial charge on any atom is 0.180 e. The van der Waals surface area contributed by atoms with E-state index in [1.54, 1.807) is 17.1 Å². The van der Waals surface area contributed by atoms with E-state index in [0.717, 1.165) is 23.5 Å². The molecule has 0 radical (unpaired) electrons. The van der Waals surface area contributed by atoms with E-state index in [0.29, 0.717) is 5.13 Å². The molecule has 2 aromatic heterocycles. The second-order valence-electron chi connectivity index (χ2n) is 3.48. The minimum absolute atomic E-state index is 0.468. The number of nitrogen functional groups attached to an aromatic ring is 1. The Hall–Kier alpha value is -1.40. The first-order valence-electron chi connectivity index (χ1n) is 5.13. The van der Waals surface area contributed by atoms with Crippen LogP contribution in [0.25, 0.3) is 0 Å². The monoisotopic (exact) mass is 238 g/mol. The normalized spacial score (nSPS) is 12.9. The molecule has 5 nitrogen and oxygen atoms in total. The molecular weight excluding hydrogens is 224 g/mol. The number of hydrogen-bond acceptors (Lipinski definition) is 5. The molecule has 0 saturated carbocycles. The Morgan fingerprint density at radius 2 is 2.44 bits per heavy atom. The summed E-state index contributed by atoms with van der Waals surface area (Å²) in [4.78, 5) is 4.68. The van der Waals surface area contributed by atoms with Crippen molar-refractivity contribution in [3.8, 4) is 0 Å². The second-order valence-corrected chi connectivity index (χ2v) is 4.58. The molecule has 0 fully saturated rings. The number of nitrogens with two attached hydrogens (primary N) is 1. The lowest BCUT2D eigenvalue weighted by atomic mass is 10.2. The van der Waals surface area contributed by atoms with Crippen LogP contribution in [0.1, 0.15) is 30.0 Å². The van der Waals surface area contributed by atoms with Crippen LogP contribution in [0, 0.1) is 0 Å². The number of rotatable bonds is 4. The minimum atomic E-state index is -0.691. The topological polar surface area (TPSA) is 77.0 Å². The van der Waals surface area contributed by atoms with Crippen molar-refractivity contribution in [2.45, 2.75) is 26.0 Å². The van der Waals surface area contributed by atoms with Gasteiger partial charge in [0.25, 0.3) is 0 Å². The number of thiazole rings is 1. The standard InChI is InChI=1S/C10H14N4OS/c1-2-5-14-7(3-4-13-14)9(15)8-6-12-10(11)16-8/h3-4,6,9,15H,2,5H2,1H3,(H2,11,12). The Labute approximate surface area is 97.5 Å². The van der Waals surface area contributed by atoms with Gasteiger partial charge in [0.2, 0.25) is 0 Å². The third-order valence-electron chi connectivity index (χ3n) is 2.28. The summed E-state index contributed by atoms with van der Waals surface area (Å²) < 4.78 is 1.81. The Kier molecular flexibility index (Phi) is 3.21. The van der Waals surface area contributed by atoms with Crippen LogP contribution in [0.2, 0.25) is 0 Å². The fourth-order valence-corrected chi connectivity index (χ4v) is 2.23. The van der Waals surface area contributed by atoms with Crippen LogP contribution in [-0.4, -0.2) is 19.9 Å². The van der Waals surface area contributed by atoms with Crippen molar-refractivity contribution >= 4 is 16.5 Å². The van der Waals surface area contributed by atoms with Crippen LogP contribution in [0.15, 0.2) is 18.5 Å². The van der Waals surface area contributed by atoms with Crippen LogP contribution in [0.4, 0.5) is 5.13 Å². The number of aliphatic hydroxyl groups excluding tert-OH is 1. The summed E-state index contributed by atoms with van der Waals surface area (Å²) in [5, 5.41) is 14.8. The van der Waals surface area contributed by atoms with Crippen LogP contribution >= 0.6 is 11.3 Å². The number of nitrogens with zero attached hydrogens (tertiary/aromatic N) is 3. The fourth-order valence-electron chi connectivity index (χ4n) is 1.55. The van der Waals surface area contributed by atoms with E-state index in [9.17, 15) is 5.11 Å². The number of aromatic nitrogens is 3. The molecule has 16 heavy (non-hydrogen) atoms. The highest BCUT2D eigenvalue weighted by Gasteiger charge is 2.17. The van der Waals surface area contributed by atoms with Gasteiger partial charge in [-0.1, -0.05) is 18.3 Å². The average molecular weight is 238 g/mol. The van der Waals surface area contributed by atoms with Crippen LogP contribution in [-0.2, 0) is 6.54 Å². The van der Waals surface area contributed by atoms with Crippen LogP contribution in [0.5, 0.6) is 0 Å². The van der Waals surface area contributed by atoms with Gasteiger partial charge in [-0.25, -0.2) is 4.98 Å². The lowest BCUT2D eigenvalue weighted by molar-refractivity contribution is 0.211. The lowest BCUT2D eigenvalue weighted by Crippen LogP contribution is -2.09. The highest BCUT2D eigenvalue weighted by Crippen LogP contribution is 2.27. The predicted molar refractivity (Wildman–Crippen MR) is 63.1 cm³/mol. The second kappa shape index (κ2) is 4.63. The zero-order valence-electron chi connectivity index (χ0n) is 9.00.